The number of carbonyl (C=O) groups is 1. The van der Waals surface area contributed by atoms with E-state index in [1.807, 2.05) is 26.0 Å². The van der Waals surface area contributed by atoms with Crippen LogP contribution in [0.15, 0.2) is 77.9 Å². The second-order valence-electron chi connectivity index (χ2n) is 7.57. The molecule has 0 unspecified atom stereocenters. The van der Waals surface area contributed by atoms with E-state index in [-0.39, 0.29) is 12.5 Å². The SMILES string of the molecule is CCOc1ccc(/C=N\NC(=O)c2ccc(CN(c3ccccc3)S(C)(=O)=O)cc2)cc1OCC. The van der Waals surface area contributed by atoms with Crippen molar-refractivity contribution in [1.82, 2.24) is 5.43 Å². The van der Waals surface area contributed by atoms with E-state index >= 15 is 0 Å². The molecule has 0 aliphatic carbocycles. The van der Waals surface area contributed by atoms with E-state index in [0.717, 1.165) is 11.1 Å². The van der Waals surface area contributed by atoms with Gasteiger partial charge in [-0.3, -0.25) is 9.10 Å². The van der Waals surface area contributed by atoms with Gasteiger partial charge in [0, 0.05) is 5.56 Å². The lowest BCUT2D eigenvalue weighted by Gasteiger charge is -2.22. The van der Waals surface area contributed by atoms with Crippen LogP contribution >= 0.6 is 0 Å². The number of hydrogen-bond donors (Lipinski definition) is 1. The van der Waals surface area contributed by atoms with Gasteiger partial charge in [0.05, 0.1) is 37.9 Å². The highest BCUT2D eigenvalue weighted by molar-refractivity contribution is 7.92. The van der Waals surface area contributed by atoms with Gasteiger partial charge in [0.15, 0.2) is 11.5 Å². The summed E-state index contributed by atoms with van der Waals surface area (Å²) in [6.07, 6.45) is 2.69. The van der Waals surface area contributed by atoms with Gasteiger partial charge in [-0.25, -0.2) is 13.8 Å². The summed E-state index contributed by atoms with van der Waals surface area (Å²) in [5.74, 6) is 0.878. The van der Waals surface area contributed by atoms with Crippen molar-refractivity contribution in [3.05, 3.63) is 89.5 Å². The highest BCUT2D eigenvalue weighted by atomic mass is 32.2. The molecule has 8 nitrogen and oxygen atoms in total. The number of hydrazone groups is 1. The number of nitrogens with one attached hydrogen (secondary N) is 1. The molecular weight excluding hydrogens is 466 g/mol. The van der Waals surface area contributed by atoms with Gasteiger partial charge in [-0.05, 0) is 67.4 Å². The van der Waals surface area contributed by atoms with Gasteiger partial charge in [0.25, 0.3) is 5.91 Å². The van der Waals surface area contributed by atoms with Crippen LogP contribution in [-0.4, -0.2) is 40.0 Å². The number of hydrogen-bond acceptors (Lipinski definition) is 6. The summed E-state index contributed by atoms with van der Waals surface area (Å²) in [5, 5.41) is 4.03. The van der Waals surface area contributed by atoms with Gasteiger partial charge in [-0.15, -0.1) is 0 Å². The van der Waals surface area contributed by atoms with Gasteiger partial charge in [-0.2, -0.15) is 5.10 Å². The van der Waals surface area contributed by atoms with Crippen molar-refractivity contribution in [2.75, 3.05) is 23.8 Å². The van der Waals surface area contributed by atoms with E-state index in [0.29, 0.717) is 36.0 Å². The van der Waals surface area contributed by atoms with E-state index in [1.54, 1.807) is 60.7 Å². The first-order valence-electron chi connectivity index (χ1n) is 11.2. The predicted octanol–water partition coefficient (Wildman–Crippen LogP) is 4.21. The Morgan fingerprint density at radius 2 is 1.60 bits per heavy atom. The number of amides is 1. The number of para-hydroxylation sites is 1. The fourth-order valence-corrected chi connectivity index (χ4v) is 4.19. The molecule has 0 fully saturated rings. The summed E-state index contributed by atoms with van der Waals surface area (Å²) in [5.41, 5.74) is 4.97. The number of anilines is 1. The zero-order chi connectivity index (χ0) is 25.3. The maximum absolute atomic E-state index is 12.5. The standard InChI is InChI=1S/C26H29N3O5S/c1-4-33-24-16-13-21(17-25(24)34-5-2)18-27-28-26(30)22-14-11-20(12-15-22)19-29(35(3,31)32)23-9-7-6-8-10-23/h6-18H,4-5,19H2,1-3H3,(H,28,30)/b27-18-. The lowest BCUT2D eigenvalue weighted by molar-refractivity contribution is 0.0955. The summed E-state index contributed by atoms with van der Waals surface area (Å²) < 4.78 is 37.0. The van der Waals surface area contributed by atoms with Gasteiger partial charge in [-0.1, -0.05) is 30.3 Å². The molecule has 0 spiro atoms. The Kier molecular flexibility index (Phi) is 8.86. The van der Waals surface area contributed by atoms with Crippen LogP contribution in [0.25, 0.3) is 0 Å². The van der Waals surface area contributed by atoms with Crippen molar-refractivity contribution in [1.29, 1.82) is 0 Å². The Bertz CT molecular complexity index is 1260. The van der Waals surface area contributed by atoms with E-state index in [2.05, 4.69) is 10.5 Å². The minimum atomic E-state index is -3.48. The van der Waals surface area contributed by atoms with Crippen LogP contribution in [0.1, 0.15) is 35.3 Å². The molecule has 0 aliphatic rings. The first kappa shape index (κ1) is 25.8. The molecule has 3 rings (SSSR count). The summed E-state index contributed by atoms with van der Waals surface area (Å²) >= 11 is 0. The van der Waals surface area contributed by atoms with Crippen LogP contribution in [0.4, 0.5) is 5.69 Å². The molecule has 0 bridgehead atoms. The predicted molar refractivity (Wildman–Crippen MR) is 138 cm³/mol. The van der Waals surface area contributed by atoms with E-state index < -0.39 is 10.0 Å². The minimum Gasteiger partial charge on any atom is -0.490 e. The maximum atomic E-state index is 12.5. The number of carbonyl (C=O) groups excluding carboxylic acids is 1. The molecule has 1 amide bonds. The Morgan fingerprint density at radius 1 is 0.943 bits per heavy atom. The minimum absolute atomic E-state index is 0.156. The Labute approximate surface area is 206 Å². The van der Waals surface area contributed by atoms with Crippen molar-refractivity contribution in [3.63, 3.8) is 0 Å². The topological polar surface area (TPSA) is 97.3 Å². The molecule has 0 atom stereocenters. The number of sulfonamides is 1. The fourth-order valence-electron chi connectivity index (χ4n) is 3.30. The molecule has 3 aromatic rings. The molecule has 9 heteroatoms. The smallest absolute Gasteiger partial charge is 0.271 e. The summed E-state index contributed by atoms with van der Waals surface area (Å²) in [6, 6.07) is 21.0. The maximum Gasteiger partial charge on any atom is 0.271 e. The van der Waals surface area contributed by atoms with E-state index in [1.165, 1.54) is 16.8 Å². The molecule has 0 heterocycles. The first-order chi connectivity index (χ1) is 16.8. The monoisotopic (exact) mass is 495 g/mol. The second-order valence-corrected chi connectivity index (χ2v) is 9.48. The van der Waals surface area contributed by atoms with Gasteiger partial charge in [0.1, 0.15) is 0 Å². The zero-order valence-electron chi connectivity index (χ0n) is 20.0. The Morgan fingerprint density at radius 3 is 2.23 bits per heavy atom. The van der Waals surface area contributed by atoms with Crippen molar-refractivity contribution in [2.45, 2.75) is 20.4 Å². The summed E-state index contributed by atoms with van der Waals surface area (Å²) in [4.78, 5) is 12.5. The van der Waals surface area contributed by atoms with E-state index in [4.69, 9.17) is 9.47 Å². The molecule has 0 saturated heterocycles. The fraction of sp³-hybridized carbons (Fsp3) is 0.231. The number of benzene rings is 3. The van der Waals surface area contributed by atoms with Crippen LogP contribution in [0.3, 0.4) is 0 Å². The zero-order valence-corrected chi connectivity index (χ0v) is 20.8. The lowest BCUT2D eigenvalue weighted by Crippen LogP contribution is -2.29. The molecule has 3 aromatic carbocycles. The molecular formula is C26H29N3O5S. The molecule has 35 heavy (non-hydrogen) atoms. The third-order valence-electron chi connectivity index (χ3n) is 4.93. The average molecular weight is 496 g/mol. The van der Waals surface area contributed by atoms with E-state index in [9.17, 15) is 13.2 Å². The van der Waals surface area contributed by atoms with Crippen LogP contribution in [0.2, 0.25) is 0 Å². The lowest BCUT2D eigenvalue weighted by atomic mass is 10.1. The largest absolute Gasteiger partial charge is 0.490 e. The van der Waals surface area contributed by atoms with Crippen molar-refractivity contribution in [2.24, 2.45) is 5.10 Å². The number of rotatable bonds is 11. The summed E-state index contributed by atoms with van der Waals surface area (Å²) in [6.45, 7) is 4.98. The molecule has 0 saturated carbocycles. The third-order valence-corrected chi connectivity index (χ3v) is 6.07. The first-order valence-corrected chi connectivity index (χ1v) is 13.0. The molecule has 0 radical (unpaired) electrons. The highest BCUT2D eigenvalue weighted by Gasteiger charge is 2.17. The second kappa shape index (κ2) is 12.0. The third kappa shape index (κ3) is 7.31. The van der Waals surface area contributed by atoms with Crippen molar-refractivity contribution >= 4 is 27.8 Å². The van der Waals surface area contributed by atoms with Crippen LogP contribution < -0.4 is 19.2 Å². The normalized spacial score (nSPS) is 11.3. The summed E-state index contributed by atoms with van der Waals surface area (Å²) in [7, 11) is -3.48. The molecule has 1 N–H and O–H groups in total. The van der Waals surface area contributed by atoms with Crippen molar-refractivity contribution < 1.29 is 22.7 Å². The number of nitrogens with zero attached hydrogens (tertiary/aromatic N) is 2. The molecule has 0 aliphatic heterocycles. The van der Waals surface area contributed by atoms with Crippen LogP contribution in [0.5, 0.6) is 11.5 Å². The van der Waals surface area contributed by atoms with Crippen LogP contribution in [0, 0.1) is 0 Å². The highest BCUT2D eigenvalue weighted by Crippen LogP contribution is 2.28. The average Bonchev–Trinajstić information content (AvgIpc) is 2.84. The van der Waals surface area contributed by atoms with Gasteiger partial charge in [0.2, 0.25) is 10.0 Å². The van der Waals surface area contributed by atoms with Crippen molar-refractivity contribution in [3.8, 4) is 11.5 Å². The van der Waals surface area contributed by atoms with Gasteiger partial charge >= 0.3 is 0 Å². The molecule has 184 valence electrons. The number of ether oxygens (including phenoxy) is 2. The Hall–Kier alpha value is -3.85. The Balaban J connectivity index is 1.65. The molecule has 0 aromatic heterocycles. The van der Waals surface area contributed by atoms with Gasteiger partial charge < -0.3 is 9.47 Å². The quantitative estimate of drug-likeness (QED) is 0.317. The van der Waals surface area contributed by atoms with Crippen LogP contribution in [-0.2, 0) is 16.6 Å².